The number of aryl methyl sites for hydroxylation is 1. The van der Waals surface area contributed by atoms with Crippen LogP contribution in [-0.2, 0) is 23.9 Å². The van der Waals surface area contributed by atoms with E-state index in [1.165, 1.54) is 28.7 Å². The van der Waals surface area contributed by atoms with Crippen molar-refractivity contribution in [3.05, 3.63) is 76.6 Å². The number of piperidine rings is 1. The zero-order valence-corrected chi connectivity index (χ0v) is 19.0. The highest BCUT2D eigenvalue weighted by Crippen LogP contribution is 2.30. The van der Waals surface area contributed by atoms with Gasteiger partial charge in [-0.3, -0.25) is 4.79 Å². The molecule has 1 aliphatic rings. The first-order valence-electron chi connectivity index (χ1n) is 10.8. The van der Waals surface area contributed by atoms with Crippen molar-refractivity contribution < 1.29 is 18.0 Å². The Morgan fingerprint density at radius 3 is 2.55 bits per heavy atom. The molecule has 3 aromatic rings. The third kappa shape index (κ3) is 6.10. The van der Waals surface area contributed by atoms with E-state index in [0.29, 0.717) is 37.9 Å². The van der Waals surface area contributed by atoms with Gasteiger partial charge in [-0.25, -0.2) is 4.98 Å². The monoisotopic (exact) mass is 474 g/mol. The summed E-state index contributed by atoms with van der Waals surface area (Å²) in [5.41, 5.74) is 2.11. The normalized spacial score (nSPS) is 15.0. The first-order valence-corrected chi connectivity index (χ1v) is 11.6. The smallest absolute Gasteiger partial charge is 0.352 e. The van der Waals surface area contributed by atoms with E-state index >= 15 is 0 Å². The molecular formula is C24H25F3N4OS. The molecule has 0 unspecified atom stereocenters. The molecule has 2 heterocycles. The van der Waals surface area contributed by atoms with Gasteiger partial charge in [-0.15, -0.1) is 0 Å². The van der Waals surface area contributed by atoms with E-state index in [2.05, 4.69) is 50.8 Å². The number of amides is 1. The number of alkyl halides is 3. The number of anilines is 1. The maximum atomic E-state index is 12.9. The molecule has 0 aliphatic carbocycles. The number of halogens is 3. The molecule has 1 aromatic heterocycles. The number of rotatable bonds is 6. The summed E-state index contributed by atoms with van der Waals surface area (Å²) in [6.07, 6.45) is -2.37. The van der Waals surface area contributed by atoms with Crippen LogP contribution in [0.3, 0.4) is 0 Å². The number of nitrogens with zero attached hydrogens (tertiary/aromatic N) is 3. The van der Waals surface area contributed by atoms with Crippen LogP contribution in [0.15, 0.2) is 48.5 Å². The van der Waals surface area contributed by atoms with Crippen molar-refractivity contribution in [3.63, 3.8) is 0 Å². The summed E-state index contributed by atoms with van der Waals surface area (Å²) in [7, 11) is 0. The maximum absolute atomic E-state index is 12.9. The van der Waals surface area contributed by atoms with Crippen LogP contribution in [0.25, 0.3) is 0 Å². The van der Waals surface area contributed by atoms with E-state index < -0.39 is 11.7 Å². The molecule has 0 saturated carbocycles. The lowest BCUT2D eigenvalue weighted by molar-refractivity contribution is -0.137. The van der Waals surface area contributed by atoms with Crippen LogP contribution in [-0.4, -0.2) is 28.4 Å². The van der Waals surface area contributed by atoms with Crippen molar-refractivity contribution in [2.24, 2.45) is 5.92 Å². The lowest BCUT2D eigenvalue weighted by Crippen LogP contribution is -2.40. The van der Waals surface area contributed by atoms with Gasteiger partial charge in [0.2, 0.25) is 11.0 Å². The molecule has 0 atom stereocenters. The molecular weight excluding hydrogens is 449 g/mol. The van der Waals surface area contributed by atoms with Gasteiger partial charge < -0.3 is 10.2 Å². The summed E-state index contributed by atoms with van der Waals surface area (Å²) in [4.78, 5) is 19.4. The van der Waals surface area contributed by atoms with Crippen LogP contribution in [0.5, 0.6) is 0 Å². The highest BCUT2D eigenvalue weighted by atomic mass is 32.1. The molecule has 4 rings (SSSR count). The third-order valence-corrected chi connectivity index (χ3v) is 6.61. The summed E-state index contributed by atoms with van der Waals surface area (Å²) >= 11 is 1.37. The average Bonchev–Trinajstić information content (AvgIpc) is 3.27. The van der Waals surface area contributed by atoms with Gasteiger partial charge >= 0.3 is 6.18 Å². The largest absolute Gasteiger partial charge is 0.416 e. The summed E-state index contributed by atoms with van der Waals surface area (Å²) in [6, 6.07) is 13.4. The minimum atomic E-state index is -4.39. The van der Waals surface area contributed by atoms with Crippen molar-refractivity contribution in [2.75, 3.05) is 18.0 Å². The topological polar surface area (TPSA) is 58.1 Å². The number of hydrogen-bond acceptors (Lipinski definition) is 5. The number of carbonyl (C=O) groups is 1. The summed E-state index contributed by atoms with van der Waals surface area (Å²) in [5, 5.41) is 3.65. The van der Waals surface area contributed by atoms with Crippen LogP contribution in [0, 0.1) is 12.8 Å². The fourth-order valence-electron chi connectivity index (χ4n) is 3.86. The fourth-order valence-corrected chi connectivity index (χ4v) is 4.59. The molecule has 33 heavy (non-hydrogen) atoms. The van der Waals surface area contributed by atoms with E-state index in [0.717, 1.165) is 23.1 Å². The lowest BCUT2D eigenvalue weighted by Gasteiger charge is -2.30. The lowest BCUT2D eigenvalue weighted by atomic mass is 9.96. The van der Waals surface area contributed by atoms with Gasteiger partial charge in [0.05, 0.1) is 5.56 Å². The number of aromatic nitrogens is 2. The molecule has 0 bridgehead atoms. The van der Waals surface area contributed by atoms with Crippen molar-refractivity contribution in [1.29, 1.82) is 0 Å². The molecule has 5 nitrogen and oxygen atoms in total. The van der Waals surface area contributed by atoms with Crippen molar-refractivity contribution in [2.45, 2.75) is 38.9 Å². The minimum Gasteiger partial charge on any atom is -0.352 e. The summed E-state index contributed by atoms with van der Waals surface area (Å²) in [6.45, 7) is 3.53. The third-order valence-electron chi connectivity index (χ3n) is 5.80. The van der Waals surface area contributed by atoms with Crippen molar-refractivity contribution in [3.8, 4) is 0 Å². The molecule has 0 radical (unpaired) electrons. The van der Waals surface area contributed by atoms with E-state index in [9.17, 15) is 18.0 Å². The summed E-state index contributed by atoms with van der Waals surface area (Å²) in [5.74, 6) is 0.510. The van der Waals surface area contributed by atoms with Gasteiger partial charge in [0.15, 0.2) is 0 Å². The van der Waals surface area contributed by atoms with E-state index in [1.54, 1.807) is 6.07 Å². The molecule has 0 spiro atoms. The molecule has 1 N–H and O–H groups in total. The van der Waals surface area contributed by atoms with E-state index in [-0.39, 0.29) is 18.4 Å². The Morgan fingerprint density at radius 1 is 1.12 bits per heavy atom. The number of hydrogen-bond donors (Lipinski definition) is 1. The molecule has 1 aliphatic heterocycles. The van der Waals surface area contributed by atoms with Gasteiger partial charge in [-0.1, -0.05) is 42.0 Å². The Labute approximate surface area is 194 Å². The van der Waals surface area contributed by atoms with Crippen LogP contribution >= 0.6 is 11.5 Å². The standard InChI is InChI=1S/C24H25F3N4OS/c1-16-5-7-17(8-6-16)14-21-29-23(33-30-21)31-11-9-19(10-12-31)22(32)28-15-18-3-2-4-20(13-18)24(25,26)27/h2-8,13,19H,9-12,14-15H2,1H3,(H,28,32). The predicted octanol–water partition coefficient (Wildman–Crippen LogP) is 4.99. The second-order valence-electron chi connectivity index (χ2n) is 8.33. The SMILES string of the molecule is Cc1ccc(Cc2nsc(N3CCC(C(=O)NCc4cccc(C(F)(F)F)c4)CC3)n2)cc1. The van der Waals surface area contributed by atoms with Crippen LogP contribution in [0.2, 0.25) is 0 Å². The van der Waals surface area contributed by atoms with Crippen molar-refractivity contribution in [1.82, 2.24) is 14.7 Å². The highest BCUT2D eigenvalue weighted by molar-refractivity contribution is 7.09. The van der Waals surface area contributed by atoms with Gasteiger partial charge in [0.25, 0.3) is 0 Å². The van der Waals surface area contributed by atoms with E-state index in [4.69, 9.17) is 0 Å². The molecule has 9 heteroatoms. The van der Waals surface area contributed by atoms with Gasteiger partial charge in [0.1, 0.15) is 5.82 Å². The molecule has 1 fully saturated rings. The quantitative estimate of drug-likeness (QED) is 0.547. The molecule has 1 amide bonds. The van der Waals surface area contributed by atoms with E-state index in [1.807, 2.05) is 0 Å². The Bertz CT molecular complexity index is 1090. The Morgan fingerprint density at radius 2 is 1.85 bits per heavy atom. The van der Waals surface area contributed by atoms with Crippen LogP contribution < -0.4 is 10.2 Å². The molecule has 1 saturated heterocycles. The second-order valence-corrected chi connectivity index (χ2v) is 9.06. The first-order chi connectivity index (χ1) is 15.8. The fraction of sp³-hybridized carbons (Fsp3) is 0.375. The Hall–Kier alpha value is -2.94. The van der Waals surface area contributed by atoms with Gasteiger partial charge in [-0.2, -0.15) is 17.5 Å². The molecule has 174 valence electrons. The Kier molecular flexibility index (Phi) is 6.97. The minimum absolute atomic E-state index is 0.0851. The zero-order chi connectivity index (χ0) is 23.4. The Balaban J connectivity index is 1.26. The second kappa shape index (κ2) is 9.91. The number of nitrogens with one attached hydrogen (secondary N) is 1. The maximum Gasteiger partial charge on any atom is 0.416 e. The van der Waals surface area contributed by atoms with Crippen LogP contribution in [0.1, 0.15) is 40.9 Å². The predicted molar refractivity (Wildman–Crippen MR) is 122 cm³/mol. The average molecular weight is 475 g/mol. The zero-order valence-electron chi connectivity index (χ0n) is 18.2. The van der Waals surface area contributed by atoms with Gasteiger partial charge in [0, 0.05) is 43.5 Å². The number of benzene rings is 2. The highest BCUT2D eigenvalue weighted by Gasteiger charge is 2.30. The summed E-state index contributed by atoms with van der Waals surface area (Å²) < 4.78 is 43.1. The number of carbonyl (C=O) groups excluding carboxylic acids is 1. The molecule has 2 aromatic carbocycles. The van der Waals surface area contributed by atoms with Crippen molar-refractivity contribution >= 4 is 22.6 Å². The van der Waals surface area contributed by atoms with Gasteiger partial charge in [-0.05, 0) is 43.0 Å². The first kappa shape index (κ1) is 23.2. The van der Waals surface area contributed by atoms with Crippen LogP contribution in [0.4, 0.5) is 18.3 Å².